The van der Waals surface area contributed by atoms with Gasteiger partial charge in [0.05, 0.1) is 4.47 Å². The van der Waals surface area contributed by atoms with E-state index in [9.17, 15) is 0 Å². The molecule has 0 saturated heterocycles. The van der Waals surface area contributed by atoms with Crippen molar-refractivity contribution in [1.29, 1.82) is 5.26 Å². The molecule has 0 aliphatic heterocycles. The van der Waals surface area contributed by atoms with Crippen LogP contribution in [0.4, 0.5) is 0 Å². The molecule has 84 valence electrons. The summed E-state index contributed by atoms with van der Waals surface area (Å²) in [6.07, 6.45) is 2.89. The average molecular weight is 311 g/mol. The maximum Gasteiger partial charge on any atom is 0.256 e. The van der Waals surface area contributed by atoms with Crippen LogP contribution >= 0.6 is 27.5 Å². The third-order valence-corrected chi connectivity index (χ3v) is 2.73. The van der Waals surface area contributed by atoms with Gasteiger partial charge in [0.2, 0.25) is 5.69 Å². The first-order chi connectivity index (χ1) is 8.20. The first kappa shape index (κ1) is 11.8. The molecule has 0 N–H and O–H groups in total. The molecule has 2 rings (SSSR count). The summed E-state index contributed by atoms with van der Waals surface area (Å²) < 4.78 is 6.16. The van der Waals surface area contributed by atoms with E-state index in [1.807, 2.05) is 6.07 Å². The van der Waals surface area contributed by atoms with Gasteiger partial charge in [0, 0.05) is 17.4 Å². The van der Waals surface area contributed by atoms with Crippen molar-refractivity contribution in [3.05, 3.63) is 45.8 Å². The number of benzene rings is 1. The SMILES string of the molecule is N#Cc1nccnc1Oc1ccc(Cl)cc1Br. The van der Waals surface area contributed by atoms with E-state index in [2.05, 4.69) is 25.9 Å². The van der Waals surface area contributed by atoms with Gasteiger partial charge in [0.15, 0.2) is 0 Å². The molecule has 1 aromatic heterocycles. The second-order valence-corrected chi connectivity index (χ2v) is 4.29. The zero-order valence-electron chi connectivity index (χ0n) is 8.39. The molecule has 0 unspecified atom stereocenters. The van der Waals surface area contributed by atoms with Crippen molar-refractivity contribution in [2.45, 2.75) is 0 Å². The summed E-state index contributed by atoms with van der Waals surface area (Å²) in [6, 6.07) is 6.97. The van der Waals surface area contributed by atoms with Gasteiger partial charge in [0.25, 0.3) is 5.88 Å². The highest BCUT2D eigenvalue weighted by atomic mass is 79.9. The fraction of sp³-hybridized carbons (Fsp3) is 0. The van der Waals surface area contributed by atoms with Gasteiger partial charge in [-0.3, -0.25) is 0 Å². The Labute approximate surface area is 111 Å². The number of ether oxygens (including phenoxy) is 1. The van der Waals surface area contributed by atoms with Crippen LogP contribution in [0.5, 0.6) is 11.6 Å². The molecular formula is C11H5BrClN3O. The highest BCUT2D eigenvalue weighted by Gasteiger charge is 2.09. The molecular weight excluding hydrogens is 305 g/mol. The maximum absolute atomic E-state index is 8.84. The van der Waals surface area contributed by atoms with Gasteiger partial charge < -0.3 is 4.74 Å². The minimum Gasteiger partial charge on any atom is -0.435 e. The molecule has 0 aliphatic rings. The Bertz CT molecular complexity index is 598. The van der Waals surface area contributed by atoms with Gasteiger partial charge in [-0.15, -0.1) is 0 Å². The number of aromatic nitrogens is 2. The Balaban J connectivity index is 2.35. The zero-order chi connectivity index (χ0) is 12.3. The molecule has 0 atom stereocenters. The molecule has 0 bridgehead atoms. The van der Waals surface area contributed by atoms with Crippen LogP contribution in [0.2, 0.25) is 5.02 Å². The van der Waals surface area contributed by atoms with Crippen molar-refractivity contribution in [2.24, 2.45) is 0 Å². The molecule has 6 heteroatoms. The van der Waals surface area contributed by atoms with Crippen LogP contribution in [0.1, 0.15) is 5.69 Å². The van der Waals surface area contributed by atoms with E-state index in [1.165, 1.54) is 12.4 Å². The second kappa shape index (κ2) is 5.13. The quantitative estimate of drug-likeness (QED) is 0.851. The van der Waals surface area contributed by atoms with Gasteiger partial charge in [-0.2, -0.15) is 5.26 Å². The van der Waals surface area contributed by atoms with Crippen molar-refractivity contribution in [2.75, 3.05) is 0 Å². The summed E-state index contributed by atoms with van der Waals surface area (Å²) in [6.45, 7) is 0. The van der Waals surface area contributed by atoms with Crippen molar-refractivity contribution in [3.63, 3.8) is 0 Å². The Hall–Kier alpha value is -1.64. The fourth-order valence-corrected chi connectivity index (χ4v) is 1.90. The molecule has 0 radical (unpaired) electrons. The lowest BCUT2D eigenvalue weighted by molar-refractivity contribution is 0.455. The van der Waals surface area contributed by atoms with Crippen LogP contribution in [0, 0.1) is 11.3 Å². The number of hydrogen-bond acceptors (Lipinski definition) is 4. The van der Waals surface area contributed by atoms with Crippen molar-refractivity contribution in [3.8, 4) is 17.7 Å². The lowest BCUT2D eigenvalue weighted by Gasteiger charge is -2.07. The first-order valence-corrected chi connectivity index (χ1v) is 5.72. The van der Waals surface area contributed by atoms with Crippen LogP contribution in [-0.4, -0.2) is 9.97 Å². The van der Waals surface area contributed by atoms with Gasteiger partial charge in [-0.05, 0) is 34.1 Å². The summed E-state index contributed by atoms with van der Waals surface area (Å²) >= 11 is 9.12. The van der Waals surface area contributed by atoms with Crippen molar-refractivity contribution in [1.82, 2.24) is 9.97 Å². The van der Waals surface area contributed by atoms with Gasteiger partial charge in [-0.1, -0.05) is 11.6 Å². The maximum atomic E-state index is 8.84. The largest absolute Gasteiger partial charge is 0.435 e. The monoisotopic (exact) mass is 309 g/mol. The summed E-state index contributed by atoms with van der Waals surface area (Å²) in [5.41, 5.74) is 0.134. The number of halogens is 2. The van der Waals surface area contributed by atoms with Crippen LogP contribution < -0.4 is 4.74 Å². The van der Waals surface area contributed by atoms with E-state index < -0.39 is 0 Å². The van der Waals surface area contributed by atoms with Crippen LogP contribution in [-0.2, 0) is 0 Å². The van der Waals surface area contributed by atoms with Gasteiger partial charge in [0.1, 0.15) is 11.8 Å². The zero-order valence-corrected chi connectivity index (χ0v) is 10.7. The third kappa shape index (κ3) is 2.73. The fourth-order valence-electron chi connectivity index (χ4n) is 1.14. The molecule has 0 aliphatic carbocycles. The molecule has 0 fully saturated rings. The molecule has 17 heavy (non-hydrogen) atoms. The number of rotatable bonds is 2. The number of nitriles is 1. The van der Waals surface area contributed by atoms with E-state index in [0.717, 1.165) is 0 Å². The van der Waals surface area contributed by atoms with E-state index in [-0.39, 0.29) is 11.6 Å². The third-order valence-electron chi connectivity index (χ3n) is 1.87. The summed E-state index contributed by atoms with van der Waals surface area (Å²) in [4.78, 5) is 7.80. The number of nitrogens with zero attached hydrogens (tertiary/aromatic N) is 3. The summed E-state index contributed by atoms with van der Waals surface area (Å²) in [7, 11) is 0. The normalized spacial score (nSPS) is 9.71. The molecule has 0 saturated carbocycles. The van der Waals surface area contributed by atoms with Gasteiger partial charge >= 0.3 is 0 Å². The second-order valence-electron chi connectivity index (χ2n) is 3.00. The minimum absolute atomic E-state index is 0.134. The highest BCUT2D eigenvalue weighted by molar-refractivity contribution is 9.10. The lowest BCUT2D eigenvalue weighted by atomic mass is 10.3. The lowest BCUT2D eigenvalue weighted by Crippen LogP contribution is -1.94. The van der Waals surface area contributed by atoms with E-state index in [0.29, 0.717) is 15.2 Å². The van der Waals surface area contributed by atoms with Gasteiger partial charge in [-0.25, -0.2) is 9.97 Å². The Morgan fingerprint density at radius 3 is 2.76 bits per heavy atom. The molecule has 1 heterocycles. The van der Waals surface area contributed by atoms with E-state index >= 15 is 0 Å². The molecule has 0 spiro atoms. The standard InChI is InChI=1S/C11H5BrClN3O/c12-8-5-7(13)1-2-10(8)17-11-9(6-14)15-3-4-16-11/h1-5H. The Morgan fingerprint density at radius 2 is 2.06 bits per heavy atom. The number of hydrogen-bond donors (Lipinski definition) is 0. The van der Waals surface area contributed by atoms with Crippen LogP contribution in [0.3, 0.4) is 0 Å². The van der Waals surface area contributed by atoms with Crippen molar-refractivity contribution < 1.29 is 4.74 Å². The molecule has 0 amide bonds. The average Bonchev–Trinajstić information content (AvgIpc) is 2.33. The predicted molar refractivity (Wildman–Crippen MR) is 66.0 cm³/mol. The van der Waals surface area contributed by atoms with E-state index in [1.54, 1.807) is 18.2 Å². The van der Waals surface area contributed by atoms with Crippen molar-refractivity contribution >= 4 is 27.5 Å². The Morgan fingerprint density at radius 1 is 1.29 bits per heavy atom. The topological polar surface area (TPSA) is 58.8 Å². The summed E-state index contributed by atoms with van der Waals surface area (Å²) in [5.74, 6) is 0.685. The van der Waals surface area contributed by atoms with Crippen LogP contribution in [0.25, 0.3) is 0 Å². The Kier molecular flexibility index (Phi) is 3.57. The first-order valence-electron chi connectivity index (χ1n) is 4.54. The minimum atomic E-state index is 0.134. The smallest absolute Gasteiger partial charge is 0.256 e. The molecule has 4 nitrogen and oxygen atoms in total. The molecule has 2 aromatic rings. The molecule has 1 aromatic carbocycles. The van der Waals surface area contributed by atoms with E-state index in [4.69, 9.17) is 21.6 Å². The predicted octanol–water partition coefficient (Wildman–Crippen LogP) is 3.56. The summed E-state index contributed by atoms with van der Waals surface area (Å²) in [5, 5.41) is 9.43. The van der Waals surface area contributed by atoms with Crippen LogP contribution in [0.15, 0.2) is 35.1 Å². The highest BCUT2D eigenvalue weighted by Crippen LogP contribution is 2.31.